The lowest BCUT2D eigenvalue weighted by molar-refractivity contribution is 0.0723. The van der Waals surface area contributed by atoms with Crippen LogP contribution in [0.1, 0.15) is 22.8 Å². The van der Waals surface area contributed by atoms with Crippen molar-refractivity contribution in [3.63, 3.8) is 0 Å². The van der Waals surface area contributed by atoms with Crippen LogP contribution in [0.5, 0.6) is 5.75 Å². The van der Waals surface area contributed by atoms with Gasteiger partial charge in [-0.15, -0.1) is 0 Å². The summed E-state index contributed by atoms with van der Waals surface area (Å²) in [7, 11) is 0. The first-order valence-electron chi connectivity index (χ1n) is 6.78. The second-order valence-electron chi connectivity index (χ2n) is 4.47. The Balaban J connectivity index is 1.91. The molecule has 0 atom stereocenters. The van der Waals surface area contributed by atoms with E-state index in [1.54, 1.807) is 12.1 Å². The van der Waals surface area contributed by atoms with Crippen LogP contribution in [0.3, 0.4) is 0 Å². The molecule has 0 heterocycles. The van der Waals surface area contributed by atoms with Gasteiger partial charge in [0.25, 0.3) is 0 Å². The molecular formula is C17H17BrO3. The number of ether oxygens (including phenoxy) is 2. The van der Waals surface area contributed by atoms with Gasteiger partial charge >= 0.3 is 0 Å². The van der Waals surface area contributed by atoms with Crippen molar-refractivity contribution in [2.24, 2.45) is 0 Å². The van der Waals surface area contributed by atoms with Gasteiger partial charge in [0.15, 0.2) is 5.78 Å². The molecule has 21 heavy (non-hydrogen) atoms. The van der Waals surface area contributed by atoms with Crippen LogP contribution >= 0.6 is 15.9 Å². The fraction of sp³-hybridized carbons (Fsp3) is 0.235. The Morgan fingerprint density at radius 2 is 1.81 bits per heavy atom. The monoisotopic (exact) mass is 348 g/mol. The van der Waals surface area contributed by atoms with Gasteiger partial charge in [-0.3, -0.25) is 4.79 Å². The molecule has 0 radical (unpaired) electrons. The highest BCUT2D eigenvalue weighted by atomic mass is 79.9. The smallest absolute Gasteiger partial charge is 0.192 e. The molecule has 0 aliphatic carbocycles. The quantitative estimate of drug-likeness (QED) is 0.701. The second-order valence-corrected chi connectivity index (χ2v) is 5.39. The Morgan fingerprint density at radius 3 is 2.52 bits per heavy atom. The molecule has 0 fully saturated rings. The molecule has 2 aromatic rings. The number of ketones is 1. The molecule has 4 heteroatoms. The highest BCUT2D eigenvalue weighted by molar-refractivity contribution is 9.10. The molecule has 0 bridgehead atoms. The number of para-hydroxylation sites is 1. The second kappa shape index (κ2) is 7.96. The summed E-state index contributed by atoms with van der Waals surface area (Å²) in [6.07, 6.45) is 0. The van der Waals surface area contributed by atoms with E-state index in [2.05, 4.69) is 15.9 Å². The Labute approximate surface area is 133 Å². The third kappa shape index (κ3) is 4.69. The zero-order valence-electron chi connectivity index (χ0n) is 11.8. The summed E-state index contributed by atoms with van der Waals surface area (Å²) >= 11 is 3.38. The number of carbonyl (C=O) groups excluding carboxylic acids is 1. The third-order valence-electron chi connectivity index (χ3n) is 2.90. The van der Waals surface area contributed by atoms with E-state index in [1.165, 1.54) is 0 Å². The molecule has 0 unspecified atom stereocenters. The Morgan fingerprint density at radius 1 is 1.10 bits per heavy atom. The van der Waals surface area contributed by atoms with Crippen molar-refractivity contribution in [2.45, 2.75) is 13.5 Å². The van der Waals surface area contributed by atoms with Gasteiger partial charge in [0.05, 0.1) is 18.8 Å². The van der Waals surface area contributed by atoms with E-state index >= 15 is 0 Å². The van der Waals surface area contributed by atoms with E-state index in [0.29, 0.717) is 24.5 Å². The minimum absolute atomic E-state index is 0.0418. The maximum absolute atomic E-state index is 12.2. The summed E-state index contributed by atoms with van der Waals surface area (Å²) in [5, 5.41) is 0. The minimum atomic E-state index is -0.0730. The highest BCUT2D eigenvalue weighted by Gasteiger charge is 2.11. The highest BCUT2D eigenvalue weighted by Crippen LogP contribution is 2.19. The zero-order chi connectivity index (χ0) is 15.1. The number of hydrogen-bond donors (Lipinski definition) is 0. The average Bonchev–Trinajstić information content (AvgIpc) is 2.50. The van der Waals surface area contributed by atoms with E-state index in [0.717, 1.165) is 10.0 Å². The van der Waals surface area contributed by atoms with E-state index in [9.17, 15) is 4.79 Å². The van der Waals surface area contributed by atoms with Gasteiger partial charge in [-0.2, -0.15) is 0 Å². The Hall–Kier alpha value is -1.65. The van der Waals surface area contributed by atoms with Crippen LogP contribution in [-0.4, -0.2) is 19.0 Å². The predicted octanol–water partition coefficient (Wildman–Crippen LogP) is 4.25. The van der Waals surface area contributed by atoms with Crippen LogP contribution in [0.15, 0.2) is 53.0 Å². The normalized spacial score (nSPS) is 10.4. The number of halogens is 1. The van der Waals surface area contributed by atoms with Crippen LogP contribution in [0.25, 0.3) is 0 Å². The van der Waals surface area contributed by atoms with E-state index in [4.69, 9.17) is 9.47 Å². The zero-order valence-corrected chi connectivity index (χ0v) is 13.4. The van der Waals surface area contributed by atoms with Gasteiger partial charge in [0, 0.05) is 4.47 Å². The first-order valence-corrected chi connectivity index (χ1v) is 7.57. The number of carbonyl (C=O) groups is 1. The maximum atomic E-state index is 12.2. The Kier molecular flexibility index (Phi) is 5.96. The van der Waals surface area contributed by atoms with Crippen LogP contribution < -0.4 is 4.74 Å². The lowest BCUT2D eigenvalue weighted by Crippen LogP contribution is -2.11. The summed E-state index contributed by atoms with van der Waals surface area (Å²) in [4.78, 5) is 12.2. The molecule has 110 valence electrons. The van der Waals surface area contributed by atoms with Gasteiger partial charge < -0.3 is 9.47 Å². The molecule has 0 aromatic heterocycles. The standard InChI is InChI=1S/C17H17BrO3/c1-2-21-17-6-4-3-5-15(17)16(19)12-20-11-13-7-9-14(18)10-8-13/h3-10H,2,11-12H2,1H3. The molecule has 2 rings (SSSR count). The summed E-state index contributed by atoms with van der Waals surface area (Å²) in [5.74, 6) is 0.536. The first kappa shape index (κ1) is 15.7. The van der Waals surface area contributed by atoms with E-state index < -0.39 is 0 Å². The number of hydrogen-bond acceptors (Lipinski definition) is 3. The minimum Gasteiger partial charge on any atom is -0.493 e. The van der Waals surface area contributed by atoms with Gasteiger partial charge in [0.1, 0.15) is 12.4 Å². The molecule has 0 spiro atoms. The fourth-order valence-corrected chi connectivity index (χ4v) is 2.16. The first-order chi connectivity index (χ1) is 10.2. The van der Waals surface area contributed by atoms with Gasteiger partial charge in [-0.25, -0.2) is 0 Å². The molecule has 3 nitrogen and oxygen atoms in total. The molecule has 0 aliphatic rings. The van der Waals surface area contributed by atoms with E-state index in [1.807, 2.05) is 43.3 Å². The van der Waals surface area contributed by atoms with Crippen LogP contribution in [0.2, 0.25) is 0 Å². The summed E-state index contributed by atoms with van der Waals surface area (Å²) in [6.45, 7) is 2.88. The van der Waals surface area contributed by atoms with Crippen molar-refractivity contribution < 1.29 is 14.3 Å². The SMILES string of the molecule is CCOc1ccccc1C(=O)COCc1ccc(Br)cc1. The molecule has 0 amide bonds. The lowest BCUT2D eigenvalue weighted by Gasteiger charge is -2.09. The Bertz CT molecular complexity index is 593. The third-order valence-corrected chi connectivity index (χ3v) is 3.43. The van der Waals surface area contributed by atoms with Crippen molar-refractivity contribution >= 4 is 21.7 Å². The van der Waals surface area contributed by atoms with Crippen LogP contribution in [-0.2, 0) is 11.3 Å². The van der Waals surface area contributed by atoms with Crippen molar-refractivity contribution in [3.05, 3.63) is 64.1 Å². The van der Waals surface area contributed by atoms with Crippen molar-refractivity contribution in [3.8, 4) is 5.75 Å². The van der Waals surface area contributed by atoms with Crippen molar-refractivity contribution in [1.82, 2.24) is 0 Å². The lowest BCUT2D eigenvalue weighted by atomic mass is 10.1. The molecular weight excluding hydrogens is 332 g/mol. The number of Topliss-reactive ketones (excluding diaryl/α,β-unsaturated/α-hetero) is 1. The van der Waals surface area contributed by atoms with Crippen LogP contribution in [0.4, 0.5) is 0 Å². The predicted molar refractivity (Wildman–Crippen MR) is 85.7 cm³/mol. The van der Waals surface area contributed by atoms with Crippen LogP contribution in [0, 0.1) is 0 Å². The summed E-state index contributed by atoms with van der Waals surface area (Å²) in [6, 6.07) is 15.1. The molecule has 0 saturated carbocycles. The van der Waals surface area contributed by atoms with Gasteiger partial charge in [-0.1, -0.05) is 40.2 Å². The van der Waals surface area contributed by atoms with Gasteiger partial charge in [-0.05, 0) is 36.8 Å². The fourth-order valence-electron chi connectivity index (χ4n) is 1.90. The molecule has 2 aromatic carbocycles. The molecule has 0 N–H and O–H groups in total. The topological polar surface area (TPSA) is 35.5 Å². The van der Waals surface area contributed by atoms with E-state index in [-0.39, 0.29) is 12.4 Å². The summed E-state index contributed by atoms with van der Waals surface area (Å²) < 4.78 is 12.0. The molecule has 0 aliphatic heterocycles. The van der Waals surface area contributed by atoms with Crippen molar-refractivity contribution in [1.29, 1.82) is 0 Å². The number of benzene rings is 2. The van der Waals surface area contributed by atoms with Crippen molar-refractivity contribution in [2.75, 3.05) is 13.2 Å². The number of rotatable bonds is 7. The van der Waals surface area contributed by atoms with Gasteiger partial charge in [0.2, 0.25) is 0 Å². The summed E-state index contributed by atoms with van der Waals surface area (Å²) in [5.41, 5.74) is 1.60. The maximum Gasteiger partial charge on any atom is 0.192 e. The molecule has 0 saturated heterocycles. The largest absolute Gasteiger partial charge is 0.493 e. The average molecular weight is 349 g/mol.